The number of aromatic nitrogens is 1. The molecule has 0 radical (unpaired) electrons. The highest BCUT2D eigenvalue weighted by atomic mass is 16.5. The lowest BCUT2D eigenvalue weighted by Crippen LogP contribution is -2.44. The fraction of sp³-hybridized carbons (Fsp3) is 0.625. The van der Waals surface area contributed by atoms with Crippen LogP contribution in [0.2, 0.25) is 0 Å². The van der Waals surface area contributed by atoms with Crippen molar-refractivity contribution in [1.82, 2.24) is 9.88 Å². The first-order chi connectivity index (χ1) is 10.5. The van der Waals surface area contributed by atoms with E-state index < -0.39 is 12.0 Å². The van der Waals surface area contributed by atoms with E-state index in [4.69, 9.17) is 4.74 Å². The minimum absolute atomic E-state index is 0.332. The molecule has 0 saturated carbocycles. The van der Waals surface area contributed by atoms with Crippen molar-refractivity contribution in [2.24, 2.45) is 0 Å². The quantitative estimate of drug-likeness (QED) is 0.815. The molecule has 1 aromatic heterocycles. The van der Waals surface area contributed by atoms with Crippen molar-refractivity contribution in [3.63, 3.8) is 0 Å². The van der Waals surface area contributed by atoms with Crippen LogP contribution < -0.4 is 0 Å². The molecule has 1 atom stereocenters. The average Bonchev–Trinajstić information content (AvgIpc) is 2.76. The van der Waals surface area contributed by atoms with Gasteiger partial charge in [0.1, 0.15) is 11.7 Å². The molecule has 1 aromatic rings. The van der Waals surface area contributed by atoms with Crippen LogP contribution >= 0.6 is 0 Å². The number of ether oxygens (including phenoxy) is 1. The van der Waals surface area contributed by atoms with Crippen LogP contribution in [0.15, 0.2) is 0 Å². The largest absolute Gasteiger partial charge is 0.480 e. The monoisotopic (exact) mass is 308 g/mol. The molecule has 6 nitrogen and oxygen atoms in total. The van der Waals surface area contributed by atoms with Gasteiger partial charge < -0.3 is 14.8 Å². The summed E-state index contributed by atoms with van der Waals surface area (Å²) in [6.45, 7) is 7.21. The van der Waals surface area contributed by atoms with Crippen LogP contribution in [0.3, 0.4) is 0 Å². The number of hydrogen-bond donors (Lipinski definition) is 2. The summed E-state index contributed by atoms with van der Waals surface area (Å²) in [5.41, 5.74) is 3.22. The van der Waals surface area contributed by atoms with Gasteiger partial charge in [-0.1, -0.05) is 6.42 Å². The number of carboxylic acid groups (broad SMARTS) is 1. The first-order valence-corrected chi connectivity index (χ1v) is 7.77. The Morgan fingerprint density at radius 1 is 1.36 bits per heavy atom. The molecule has 6 heteroatoms. The van der Waals surface area contributed by atoms with E-state index in [0.29, 0.717) is 25.3 Å². The predicted molar refractivity (Wildman–Crippen MR) is 81.9 cm³/mol. The summed E-state index contributed by atoms with van der Waals surface area (Å²) < 4.78 is 5.05. The molecule has 2 heterocycles. The zero-order chi connectivity index (χ0) is 16.3. The number of hydrogen-bond acceptors (Lipinski definition) is 4. The minimum atomic E-state index is -0.767. The Balaban J connectivity index is 2.22. The van der Waals surface area contributed by atoms with E-state index in [1.54, 1.807) is 6.92 Å². The van der Waals surface area contributed by atoms with Crippen molar-refractivity contribution in [2.75, 3.05) is 13.2 Å². The smallest absolute Gasteiger partial charge is 0.355 e. The second-order valence-electron chi connectivity index (χ2n) is 5.77. The predicted octanol–water partition coefficient (Wildman–Crippen LogP) is 2.25. The molecule has 122 valence electrons. The first-order valence-electron chi connectivity index (χ1n) is 7.77. The van der Waals surface area contributed by atoms with Gasteiger partial charge in [0.05, 0.1) is 6.61 Å². The van der Waals surface area contributed by atoms with Gasteiger partial charge in [-0.3, -0.25) is 9.69 Å². The van der Waals surface area contributed by atoms with Crippen molar-refractivity contribution in [2.45, 2.75) is 52.6 Å². The minimum Gasteiger partial charge on any atom is -0.480 e. The third-order valence-corrected chi connectivity index (χ3v) is 4.33. The van der Waals surface area contributed by atoms with E-state index in [9.17, 15) is 14.7 Å². The normalized spacial score (nSPS) is 19.1. The maximum Gasteiger partial charge on any atom is 0.355 e. The van der Waals surface area contributed by atoms with Gasteiger partial charge in [0.2, 0.25) is 0 Å². The summed E-state index contributed by atoms with van der Waals surface area (Å²) in [5.74, 6) is -1.13. The molecule has 0 aromatic carbocycles. The van der Waals surface area contributed by atoms with Gasteiger partial charge in [-0.05, 0) is 51.3 Å². The van der Waals surface area contributed by atoms with Crippen molar-refractivity contribution < 1.29 is 19.4 Å². The molecule has 0 amide bonds. The highest BCUT2D eigenvalue weighted by Gasteiger charge is 2.30. The lowest BCUT2D eigenvalue weighted by molar-refractivity contribution is -0.144. The molecule has 22 heavy (non-hydrogen) atoms. The molecule has 0 bridgehead atoms. The van der Waals surface area contributed by atoms with Crippen molar-refractivity contribution in [3.8, 4) is 0 Å². The van der Waals surface area contributed by atoms with Crippen LogP contribution in [0.1, 0.15) is 53.5 Å². The second kappa shape index (κ2) is 6.96. The van der Waals surface area contributed by atoms with Gasteiger partial charge >= 0.3 is 11.9 Å². The number of rotatable bonds is 5. The number of piperidine rings is 1. The number of aliphatic carboxylic acids is 1. The third kappa shape index (κ3) is 3.32. The number of likely N-dealkylation sites (tertiary alicyclic amines) is 1. The summed E-state index contributed by atoms with van der Waals surface area (Å²) >= 11 is 0. The molecule has 0 aliphatic carbocycles. The van der Waals surface area contributed by atoms with E-state index in [1.165, 1.54) is 0 Å². The lowest BCUT2D eigenvalue weighted by Gasteiger charge is -2.33. The number of aryl methyl sites for hydroxylation is 1. The first kappa shape index (κ1) is 16.5. The second-order valence-corrected chi connectivity index (χ2v) is 5.77. The maximum atomic E-state index is 11.9. The van der Waals surface area contributed by atoms with Crippen LogP contribution in [-0.2, 0) is 16.1 Å². The molecule has 0 spiro atoms. The van der Waals surface area contributed by atoms with Gasteiger partial charge in [-0.25, -0.2) is 4.79 Å². The number of aromatic amines is 1. The zero-order valence-electron chi connectivity index (χ0n) is 13.4. The molecule has 1 fully saturated rings. The molecule has 0 unspecified atom stereocenters. The number of H-pyrrole nitrogens is 1. The van der Waals surface area contributed by atoms with Crippen LogP contribution in [0.4, 0.5) is 0 Å². The molecular weight excluding hydrogens is 284 g/mol. The fourth-order valence-corrected chi connectivity index (χ4v) is 3.10. The lowest BCUT2D eigenvalue weighted by atomic mass is 10.0. The van der Waals surface area contributed by atoms with E-state index in [2.05, 4.69) is 4.98 Å². The summed E-state index contributed by atoms with van der Waals surface area (Å²) in [4.78, 5) is 28.4. The molecule has 1 saturated heterocycles. The number of nitrogens with one attached hydrogen (secondary N) is 1. The van der Waals surface area contributed by atoms with Crippen molar-refractivity contribution >= 4 is 11.9 Å². The van der Waals surface area contributed by atoms with Crippen LogP contribution in [0, 0.1) is 13.8 Å². The Bertz CT molecular complexity index is 565. The number of esters is 1. The summed E-state index contributed by atoms with van der Waals surface area (Å²) in [6.07, 6.45) is 2.65. The average molecular weight is 308 g/mol. The summed E-state index contributed by atoms with van der Waals surface area (Å²) in [7, 11) is 0. The Kier molecular flexibility index (Phi) is 5.24. The van der Waals surface area contributed by atoms with Gasteiger partial charge in [-0.15, -0.1) is 0 Å². The van der Waals surface area contributed by atoms with E-state index in [1.807, 2.05) is 18.7 Å². The van der Waals surface area contributed by atoms with Crippen molar-refractivity contribution in [1.29, 1.82) is 0 Å². The zero-order valence-corrected chi connectivity index (χ0v) is 13.4. The highest BCUT2D eigenvalue weighted by Crippen LogP contribution is 2.25. The highest BCUT2D eigenvalue weighted by molar-refractivity contribution is 5.89. The Morgan fingerprint density at radius 3 is 2.73 bits per heavy atom. The SMILES string of the molecule is CCOC(=O)c1[nH]c(C)c(CN2CCCC[C@@H]2C(=O)O)c1C. The summed E-state index contributed by atoms with van der Waals surface area (Å²) in [5, 5.41) is 9.37. The van der Waals surface area contributed by atoms with E-state index >= 15 is 0 Å². The molecule has 2 N–H and O–H groups in total. The summed E-state index contributed by atoms with van der Waals surface area (Å²) in [6, 6.07) is -0.437. The topological polar surface area (TPSA) is 82.6 Å². The van der Waals surface area contributed by atoms with Gasteiger partial charge in [-0.2, -0.15) is 0 Å². The number of nitrogens with zero attached hydrogens (tertiary/aromatic N) is 1. The van der Waals surface area contributed by atoms with Gasteiger partial charge in [0, 0.05) is 12.2 Å². The van der Waals surface area contributed by atoms with Crippen LogP contribution in [0.5, 0.6) is 0 Å². The third-order valence-electron chi connectivity index (χ3n) is 4.33. The van der Waals surface area contributed by atoms with E-state index in [-0.39, 0.29) is 5.97 Å². The van der Waals surface area contributed by atoms with Crippen LogP contribution in [-0.4, -0.2) is 46.1 Å². The van der Waals surface area contributed by atoms with Crippen LogP contribution in [0.25, 0.3) is 0 Å². The molecular formula is C16H24N2O4. The fourth-order valence-electron chi connectivity index (χ4n) is 3.10. The number of carboxylic acids is 1. The number of carbonyl (C=O) groups is 2. The molecule has 2 rings (SSSR count). The Labute approximate surface area is 130 Å². The maximum absolute atomic E-state index is 11.9. The van der Waals surface area contributed by atoms with Gasteiger partial charge in [0.15, 0.2) is 0 Å². The van der Waals surface area contributed by atoms with E-state index in [0.717, 1.165) is 36.2 Å². The van der Waals surface area contributed by atoms with Gasteiger partial charge in [0.25, 0.3) is 0 Å². The Hall–Kier alpha value is -1.82. The number of carbonyl (C=O) groups excluding carboxylic acids is 1. The Morgan fingerprint density at radius 2 is 2.09 bits per heavy atom. The standard InChI is InChI=1S/C16H24N2O4/c1-4-22-16(21)14-10(2)12(11(3)17-14)9-18-8-6-5-7-13(18)15(19)20/h13,17H,4-9H2,1-3H3,(H,19,20)/t13-/m1/s1. The molecule has 1 aliphatic rings. The molecule has 1 aliphatic heterocycles. The van der Waals surface area contributed by atoms with Crippen molar-refractivity contribution in [3.05, 3.63) is 22.5 Å².